The van der Waals surface area contributed by atoms with E-state index in [1.807, 2.05) is 6.20 Å². The van der Waals surface area contributed by atoms with E-state index in [9.17, 15) is 0 Å². The van der Waals surface area contributed by atoms with Crippen LogP contribution in [0.3, 0.4) is 0 Å². The molecule has 0 saturated heterocycles. The summed E-state index contributed by atoms with van der Waals surface area (Å²) in [6.45, 7) is 8.92. The van der Waals surface area contributed by atoms with E-state index in [4.69, 9.17) is 0 Å². The fourth-order valence-corrected chi connectivity index (χ4v) is 2.02. The Kier molecular flexibility index (Phi) is 2.29. The predicted octanol–water partition coefficient (Wildman–Crippen LogP) is 3.30. The number of aromatic amines is 1. The Balaban J connectivity index is 2.53. The van der Waals surface area contributed by atoms with Crippen molar-refractivity contribution in [1.82, 2.24) is 10.2 Å². The minimum absolute atomic E-state index is 0.0609. The molecule has 0 fully saturated rings. The van der Waals surface area contributed by atoms with E-state index in [1.165, 1.54) is 11.1 Å². The molecule has 1 aliphatic rings. The van der Waals surface area contributed by atoms with Crippen molar-refractivity contribution in [3.05, 3.63) is 35.2 Å². The second-order valence-corrected chi connectivity index (χ2v) is 5.05. The summed E-state index contributed by atoms with van der Waals surface area (Å²) in [5.74, 6) is 0.567. The van der Waals surface area contributed by atoms with Gasteiger partial charge >= 0.3 is 0 Å². The fourth-order valence-electron chi connectivity index (χ4n) is 2.02. The molecule has 0 amide bonds. The van der Waals surface area contributed by atoms with Crippen molar-refractivity contribution in [3.63, 3.8) is 0 Å². The largest absolute Gasteiger partial charge is 0.278 e. The van der Waals surface area contributed by atoms with Crippen LogP contribution in [0.2, 0.25) is 0 Å². The van der Waals surface area contributed by atoms with Crippen LogP contribution in [0.5, 0.6) is 0 Å². The van der Waals surface area contributed by atoms with Gasteiger partial charge in [0.1, 0.15) is 0 Å². The average Bonchev–Trinajstić information content (AvgIpc) is 2.56. The smallest absolute Gasteiger partial charge is 0.0618 e. The third kappa shape index (κ3) is 1.76. The first-order valence-corrected chi connectivity index (χ1v) is 5.45. The lowest BCUT2D eigenvalue weighted by molar-refractivity contribution is 0.651. The number of hydrogen-bond donors (Lipinski definition) is 1. The van der Waals surface area contributed by atoms with Crippen molar-refractivity contribution < 1.29 is 0 Å². The van der Waals surface area contributed by atoms with Crippen LogP contribution in [0.1, 0.15) is 39.0 Å². The summed E-state index contributed by atoms with van der Waals surface area (Å²) in [7, 11) is 0. The van der Waals surface area contributed by atoms with E-state index in [0.717, 1.165) is 5.69 Å². The molecule has 15 heavy (non-hydrogen) atoms. The maximum atomic E-state index is 4.11. The van der Waals surface area contributed by atoms with Crippen molar-refractivity contribution in [1.29, 1.82) is 0 Å². The van der Waals surface area contributed by atoms with E-state index in [2.05, 4.69) is 56.1 Å². The normalized spacial score (nSPS) is 18.6. The number of H-pyrrole nitrogens is 1. The van der Waals surface area contributed by atoms with Crippen LogP contribution in [0.15, 0.2) is 23.9 Å². The third-order valence-electron chi connectivity index (χ3n) is 3.00. The van der Waals surface area contributed by atoms with Gasteiger partial charge in [0.05, 0.1) is 11.9 Å². The molecule has 1 N–H and O–H groups in total. The number of fused-ring (bicyclic) bond motifs is 1. The van der Waals surface area contributed by atoms with E-state index in [-0.39, 0.29) is 5.41 Å². The lowest BCUT2D eigenvalue weighted by atomic mass is 9.83. The second-order valence-electron chi connectivity index (χ2n) is 5.05. The zero-order valence-electron chi connectivity index (χ0n) is 9.83. The molecule has 2 rings (SSSR count). The highest BCUT2D eigenvalue weighted by molar-refractivity contribution is 5.58. The minimum atomic E-state index is 0.0609. The Bertz CT molecular complexity index is 419. The summed E-state index contributed by atoms with van der Waals surface area (Å²) in [4.78, 5) is 0. The Labute approximate surface area is 91.1 Å². The highest BCUT2D eigenvalue weighted by Crippen LogP contribution is 2.33. The zero-order valence-corrected chi connectivity index (χ0v) is 9.83. The summed E-state index contributed by atoms with van der Waals surface area (Å²) in [6.07, 6.45) is 8.59. The average molecular weight is 202 g/mol. The molecule has 0 bridgehead atoms. The summed E-state index contributed by atoms with van der Waals surface area (Å²) in [6, 6.07) is 0. The SMILES string of the molecule is CC(C)C1=CC(C)(C)c2cn[nH]c2C=C1. The molecule has 1 aromatic rings. The van der Waals surface area contributed by atoms with Gasteiger partial charge < -0.3 is 0 Å². The number of aromatic nitrogens is 2. The van der Waals surface area contributed by atoms with Crippen LogP contribution in [-0.4, -0.2) is 10.2 Å². The predicted molar refractivity (Wildman–Crippen MR) is 63.6 cm³/mol. The number of allylic oxidation sites excluding steroid dienone is 3. The quantitative estimate of drug-likeness (QED) is 0.743. The molecule has 1 aliphatic carbocycles. The van der Waals surface area contributed by atoms with E-state index >= 15 is 0 Å². The standard InChI is InChI=1S/C13H18N2/c1-9(2)10-5-6-12-11(8-14-15-12)13(3,4)7-10/h5-9H,1-4H3,(H,14,15). The molecule has 80 valence electrons. The minimum Gasteiger partial charge on any atom is -0.278 e. The molecule has 2 nitrogen and oxygen atoms in total. The van der Waals surface area contributed by atoms with Crippen LogP contribution >= 0.6 is 0 Å². The van der Waals surface area contributed by atoms with Crippen molar-refractivity contribution in [2.24, 2.45) is 5.92 Å². The van der Waals surface area contributed by atoms with Crippen LogP contribution in [0.4, 0.5) is 0 Å². The molecular weight excluding hydrogens is 184 g/mol. The lowest BCUT2D eigenvalue weighted by Gasteiger charge is -2.20. The van der Waals surface area contributed by atoms with Gasteiger partial charge in [-0.05, 0) is 17.6 Å². The first-order valence-electron chi connectivity index (χ1n) is 5.45. The highest BCUT2D eigenvalue weighted by Gasteiger charge is 2.24. The molecule has 1 aromatic heterocycles. The van der Waals surface area contributed by atoms with E-state index in [0.29, 0.717) is 5.92 Å². The van der Waals surface area contributed by atoms with Crippen molar-refractivity contribution >= 4 is 6.08 Å². The molecule has 0 aliphatic heterocycles. The molecule has 1 heterocycles. The third-order valence-corrected chi connectivity index (χ3v) is 3.00. The Morgan fingerprint density at radius 1 is 1.27 bits per heavy atom. The fraction of sp³-hybridized carbons (Fsp3) is 0.462. The number of hydrogen-bond acceptors (Lipinski definition) is 1. The molecule has 2 heteroatoms. The molecular formula is C13H18N2. The van der Waals surface area contributed by atoms with Crippen molar-refractivity contribution in [2.75, 3.05) is 0 Å². The lowest BCUT2D eigenvalue weighted by Crippen LogP contribution is -2.14. The van der Waals surface area contributed by atoms with E-state index < -0.39 is 0 Å². The Morgan fingerprint density at radius 3 is 2.67 bits per heavy atom. The number of nitrogens with one attached hydrogen (secondary N) is 1. The second kappa shape index (κ2) is 3.37. The van der Waals surface area contributed by atoms with Gasteiger partial charge in [0.25, 0.3) is 0 Å². The van der Waals surface area contributed by atoms with Crippen LogP contribution in [0, 0.1) is 5.92 Å². The summed E-state index contributed by atoms with van der Waals surface area (Å²) >= 11 is 0. The van der Waals surface area contributed by atoms with Gasteiger partial charge in [0.15, 0.2) is 0 Å². The van der Waals surface area contributed by atoms with Gasteiger partial charge in [0.2, 0.25) is 0 Å². The van der Waals surface area contributed by atoms with Crippen LogP contribution in [0.25, 0.3) is 6.08 Å². The Hall–Kier alpha value is -1.31. The van der Waals surface area contributed by atoms with Gasteiger partial charge in [-0.2, -0.15) is 5.10 Å². The van der Waals surface area contributed by atoms with Gasteiger partial charge in [-0.1, -0.05) is 39.8 Å². The maximum absolute atomic E-state index is 4.11. The maximum Gasteiger partial charge on any atom is 0.0618 e. The van der Waals surface area contributed by atoms with Gasteiger partial charge in [0, 0.05) is 11.0 Å². The van der Waals surface area contributed by atoms with Crippen molar-refractivity contribution in [2.45, 2.75) is 33.1 Å². The van der Waals surface area contributed by atoms with Gasteiger partial charge in [-0.3, -0.25) is 5.10 Å². The first-order chi connectivity index (χ1) is 7.00. The summed E-state index contributed by atoms with van der Waals surface area (Å²) < 4.78 is 0. The van der Waals surface area contributed by atoms with Crippen molar-refractivity contribution in [3.8, 4) is 0 Å². The summed E-state index contributed by atoms with van der Waals surface area (Å²) in [5, 5.41) is 7.15. The van der Waals surface area contributed by atoms with E-state index in [1.54, 1.807) is 0 Å². The molecule has 0 unspecified atom stereocenters. The monoisotopic (exact) mass is 202 g/mol. The molecule has 0 atom stereocenters. The van der Waals surface area contributed by atoms with Crippen LogP contribution in [-0.2, 0) is 5.41 Å². The van der Waals surface area contributed by atoms with Gasteiger partial charge in [-0.15, -0.1) is 0 Å². The number of nitrogens with zero attached hydrogens (tertiary/aromatic N) is 1. The zero-order chi connectivity index (χ0) is 11.1. The first kappa shape index (κ1) is 10.2. The number of rotatable bonds is 1. The molecule has 0 spiro atoms. The summed E-state index contributed by atoms with van der Waals surface area (Å²) in [5.41, 5.74) is 3.86. The molecule has 0 radical (unpaired) electrons. The van der Waals surface area contributed by atoms with Crippen LogP contribution < -0.4 is 0 Å². The Morgan fingerprint density at radius 2 is 2.00 bits per heavy atom. The molecule has 0 aromatic carbocycles. The topological polar surface area (TPSA) is 28.7 Å². The van der Waals surface area contributed by atoms with Gasteiger partial charge in [-0.25, -0.2) is 0 Å². The molecule has 0 saturated carbocycles. The highest BCUT2D eigenvalue weighted by atomic mass is 15.1.